The summed E-state index contributed by atoms with van der Waals surface area (Å²) in [5, 5.41) is 0.615. The second kappa shape index (κ2) is 7.28. The normalized spacial score (nSPS) is 12.6. The number of halogens is 1. The van der Waals surface area contributed by atoms with E-state index in [1.54, 1.807) is 0 Å². The molecule has 0 spiro atoms. The van der Waals surface area contributed by atoms with Crippen LogP contribution in [0.5, 0.6) is 5.75 Å². The van der Waals surface area contributed by atoms with Crippen LogP contribution in [0.4, 0.5) is 5.69 Å². The van der Waals surface area contributed by atoms with Crippen LogP contribution in [0.1, 0.15) is 31.4 Å². The summed E-state index contributed by atoms with van der Waals surface area (Å²) in [6.07, 6.45) is 2.93. The zero-order chi connectivity index (χ0) is 15.2. The highest BCUT2D eigenvalue weighted by molar-refractivity contribution is 6.32. The first-order chi connectivity index (χ1) is 10.1. The van der Waals surface area contributed by atoms with Crippen molar-refractivity contribution in [2.45, 2.75) is 33.3 Å². The Balaban J connectivity index is 2.15. The Morgan fingerprint density at radius 3 is 2.67 bits per heavy atom. The van der Waals surface area contributed by atoms with Gasteiger partial charge in [-0.2, -0.15) is 0 Å². The van der Waals surface area contributed by atoms with Crippen molar-refractivity contribution in [2.75, 3.05) is 0 Å². The molecule has 0 heterocycles. The minimum Gasteiger partial charge on any atom is -0.489 e. The molecule has 0 aromatic heterocycles. The molecule has 2 rings (SSSR count). The maximum atomic E-state index is 6.26. The summed E-state index contributed by atoms with van der Waals surface area (Å²) in [7, 11) is 0. The van der Waals surface area contributed by atoms with Crippen LogP contribution in [0.2, 0.25) is 5.02 Å². The monoisotopic (exact) mass is 301 g/mol. The van der Waals surface area contributed by atoms with Crippen LogP contribution in [-0.2, 0) is 0 Å². The fourth-order valence-electron chi connectivity index (χ4n) is 1.85. The molecule has 2 aromatic rings. The molecule has 2 aromatic carbocycles. The van der Waals surface area contributed by atoms with Crippen molar-refractivity contribution >= 4 is 23.5 Å². The third-order valence-electron chi connectivity index (χ3n) is 3.33. The molecule has 0 amide bonds. The molecule has 110 valence electrons. The highest BCUT2D eigenvalue weighted by atomic mass is 35.5. The zero-order valence-corrected chi connectivity index (χ0v) is 13.4. The number of rotatable bonds is 5. The van der Waals surface area contributed by atoms with Crippen LogP contribution in [0.25, 0.3) is 0 Å². The quantitative estimate of drug-likeness (QED) is 0.661. The molecule has 1 atom stereocenters. The van der Waals surface area contributed by atoms with E-state index in [-0.39, 0.29) is 6.10 Å². The predicted molar refractivity (Wildman–Crippen MR) is 90.3 cm³/mol. The summed E-state index contributed by atoms with van der Waals surface area (Å²) < 4.78 is 5.75. The average Bonchev–Trinajstić information content (AvgIpc) is 2.48. The fraction of sp³-hybridized carbons (Fsp3) is 0.278. The number of hydrogen-bond acceptors (Lipinski definition) is 2. The van der Waals surface area contributed by atoms with Crippen molar-refractivity contribution < 1.29 is 4.74 Å². The van der Waals surface area contributed by atoms with Gasteiger partial charge in [0, 0.05) is 6.21 Å². The minimum atomic E-state index is 0.161. The highest BCUT2D eigenvalue weighted by Gasteiger charge is 2.06. The van der Waals surface area contributed by atoms with Crippen molar-refractivity contribution in [3.05, 3.63) is 58.6 Å². The minimum absolute atomic E-state index is 0.161. The zero-order valence-electron chi connectivity index (χ0n) is 12.6. The van der Waals surface area contributed by atoms with E-state index in [4.69, 9.17) is 16.3 Å². The Morgan fingerprint density at radius 1 is 1.24 bits per heavy atom. The SMILES string of the molecule is CC[C@H](C)Oc1ccc(C=Nc2ccccc2C)cc1Cl. The van der Waals surface area contributed by atoms with Crippen molar-refractivity contribution in [3.8, 4) is 5.75 Å². The van der Waals surface area contributed by atoms with E-state index in [0.717, 1.165) is 29.0 Å². The topological polar surface area (TPSA) is 21.6 Å². The van der Waals surface area contributed by atoms with Gasteiger partial charge in [-0.1, -0.05) is 36.7 Å². The van der Waals surface area contributed by atoms with E-state index >= 15 is 0 Å². The first-order valence-electron chi connectivity index (χ1n) is 7.16. The summed E-state index contributed by atoms with van der Waals surface area (Å²) in [6, 6.07) is 13.8. The third kappa shape index (κ3) is 4.33. The summed E-state index contributed by atoms with van der Waals surface area (Å²) in [6.45, 7) is 6.16. The lowest BCUT2D eigenvalue weighted by Gasteiger charge is -2.13. The lowest BCUT2D eigenvalue weighted by Crippen LogP contribution is -2.09. The number of aliphatic imine (C=N–C) groups is 1. The lowest BCUT2D eigenvalue weighted by molar-refractivity contribution is 0.217. The number of ether oxygens (including phenoxy) is 1. The summed E-state index contributed by atoms with van der Waals surface area (Å²) >= 11 is 6.26. The molecule has 0 aliphatic rings. The maximum Gasteiger partial charge on any atom is 0.138 e. The molecular formula is C18H20ClNO. The first kappa shape index (κ1) is 15.6. The molecule has 0 N–H and O–H groups in total. The average molecular weight is 302 g/mol. The second-order valence-corrected chi connectivity index (χ2v) is 5.48. The molecule has 0 unspecified atom stereocenters. The molecule has 0 fully saturated rings. The Bertz CT molecular complexity index is 637. The van der Waals surface area contributed by atoms with Crippen LogP contribution in [0.15, 0.2) is 47.5 Å². The third-order valence-corrected chi connectivity index (χ3v) is 3.62. The van der Waals surface area contributed by atoms with E-state index in [0.29, 0.717) is 5.02 Å². The van der Waals surface area contributed by atoms with E-state index in [9.17, 15) is 0 Å². The molecule has 0 aliphatic carbocycles. The Labute approximate surface area is 131 Å². The van der Waals surface area contributed by atoms with Crippen LogP contribution in [-0.4, -0.2) is 12.3 Å². The van der Waals surface area contributed by atoms with Gasteiger partial charge in [-0.3, -0.25) is 4.99 Å². The largest absolute Gasteiger partial charge is 0.489 e. The van der Waals surface area contributed by atoms with Gasteiger partial charge < -0.3 is 4.74 Å². The Hall–Kier alpha value is -1.80. The van der Waals surface area contributed by atoms with Crippen molar-refractivity contribution in [1.29, 1.82) is 0 Å². The molecule has 2 nitrogen and oxygen atoms in total. The summed E-state index contributed by atoms with van der Waals surface area (Å²) in [4.78, 5) is 4.50. The van der Waals surface area contributed by atoms with Gasteiger partial charge >= 0.3 is 0 Å². The summed E-state index contributed by atoms with van der Waals surface area (Å²) in [5.74, 6) is 0.721. The van der Waals surface area contributed by atoms with Crippen LogP contribution in [0, 0.1) is 6.92 Å². The van der Waals surface area contributed by atoms with Gasteiger partial charge in [0.05, 0.1) is 16.8 Å². The van der Waals surface area contributed by atoms with Crippen molar-refractivity contribution in [3.63, 3.8) is 0 Å². The predicted octanol–water partition coefficient (Wildman–Crippen LogP) is 5.58. The van der Waals surface area contributed by atoms with Crippen molar-refractivity contribution in [2.24, 2.45) is 4.99 Å². The van der Waals surface area contributed by atoms with Crippen LogP contribution in [0.3, 0.4) is 0 Å². The standard InChI is InChI=1S/C18H20ClNO/c1-4-14(3)21-18-10-9-15(11-16(18)19)12-20-17-8-6-5-7-13(17)2/h5-12,14H,4H2,1-3H3/t14-/m0/s1. The maximum absolute atomic E-state index is 6.26. The van der Waals surface area contributed by atoms with Gasteiger partial charge in [-0.25, -0.2) is 0 Å². The van der Waals surface area contributed by atoms with Gasteiger partial charge in [0.1, 0.15) is 5.75 Å². The molecular weight excluding hydrogens is 282 g/mol. The van der Waals surface area contributed by atoms with Gasteiger partial charge in [0.2, 0.25) is 0 Å². The van der Waals surface area contributed by atoms with Gasteiger partial charge in [0.25, 0.3) is 0 Å². The van der Waals surface area contributed by atoms with Gasteiger partial charge in [-0.15, -0.1) is 0 Å². The molecule has 0 radical (unpaired) electrons. The second-order valence-electron chi connectivity index (χ2n) is 5.07. The van der Waals surface area contributed by atoms with E-state index in [2.05, 4.69) is 11.9 Å². The van der Waals surface area contributed by atoms with Crippen molar-refractivity contribution in [1.82, 2.24) is 0 Å². The van der Waals surface area contributed by atoms with Crippen LogP contribution >= 0.6 is 11.6 Å². The van der Waals surface area contributed by atoms with Crippen LogP contribution < -0.4 is 4.74 Å². The first-order valence-corrected chi connectivity index (χ1v) is 7.54. The van der Waals surface area contributed by atoms with Gasteiger partial charge in [-0.05, 0) is 55.7 Å². The van der Waals surface area contributed by atoms with E-state index < -0.39 is 0 Å². The Kier molecular flexibility index (Phi) is 5.40. The number of nitrogens with zero attached hydrogens (tertiary/aromatic N) is 1. The Morgan fingerprint density at radius 2 is 2.00 bits per heavy atom. The highest BCUT2D eigenvalue weighted by Crippen LogP contribution is 2.26. The number of hydrogen-bond donors (Lipinski definition) is 0. The molecule has 0 saturated carbocycles. The molecule has 21 heavy (non-hydrogen) atoms. The summed E-state index contributed by atoms with van der Waals surface area (Å²) in [5.41, 5.74) is 3.07. The fourth-order valence-corrected chi connectivity index (χ4v) is 2.08. The molecule has 0 bridgehead atoms. The van der Waals surface area contributed by atoms with Gasteiger partial charge in [0.15, 0.2) is 0 Å². The smallest absolute Gasteiger partial charge is 0.138 e. The number of aryl methyl sites for hydroxylation is 1. The van der Waals surface area contributed by atoms with E-state index in [1.807, 2.05) is 62.5 Å². The number of benzene rings is 2. The van der Waals surface area contributed by atoms with E-state index in [1.165, 1.54) is 0 Å². The molecule has 0 saturated heterocycles. The number of para-hydroxylation sites is 1. The lowest BCUT2D eigenvalue weighted by atomic mass is 10.2. The molecule has 3 heteroatoms. The molecule has 0 aliphatic heterocycles.